The van der Waals surface area contributed by atoms with E-state index in [-0.39, 0.29) is 0 Å². The van der Waals surface area contributed by atoms with Gasteiger partial charge in [-0.15, -0.1) is 0 Å². The van der Waals surface area contributed by atoms with Crippen molar-refractivity contribution in [3.05, 3.63) is 36.1 Å². The Morgan fingerprint density at radius 1 is 1.47 bits per heavy atom. The summed E-state index contributed by atoms with van der Waals surface area (Å²) in [5.41, 5.74) is 0.0727. The zero-order valence-electron chi connectivity index (χ0n) is 11.0. The summed E-state index contributed by atoms with van der Waals surface area (Å²) in [4.78, 5) is 0. The summed E-state index contributed by atoms with van der Waals surface area (Å²) in [6.45, 7) is 2.13. The van der Waals surface area contributed by atoms with Gasteiger partial charge in [0.2, 0.25) is 0 Å². The van der Waals surface area contributed by atoms with Crippen LogP contribution >= 0.6 is 0 Å². The van der Waals surface area contributed by atoms with E-state index in [0.717, 1.165) is 30.2 Å². The summed E-state index contributed by atoms with van der Waals surface area (Å²) in [5.74, 6) is 0.996. The molecule has 0 amide bonds. The molecule has 1 saturated carbocycles. The molecule has 1 aromatic carbocycles. The molecule has 3 nitrogen and oxygen atoms in total. The number of benzene rings is 1. The number of nitrogens with zero attached hydrogens (tertiary/aromatic N) is 1. The van der Waals surface area contributed by atoms with Gasteiger partial charge in [0.05, 0.1) is 11.5 Å². The van der Waals surface area contributed by atoms with Gasteiger partial charge in [0.1, 0.15) is 17.4 Å². The number of hydrogen-bond acceptors (Lipinski definition) is 3. The van der Waals surface area contributed by atoms with Crippen molar-refractivity contribution in [3.63, 3.8) is 0 Å². The lowest BCUT2D eigenvalue weighted by atomic mass is 9.80. The van der Waals surface area contributed by atoms with E-state index in [1.165, 1.54) is 0 Å². The average molecular weight is 255 g/mol. The summed E-state index contributed by atoms with van der Waals surface area (Å²) >= 11 is 0. The first-order valence-electron chi connectivity index (χ1n) is 6.72. The quantitative estimate of drug-likeness (QED) is 0.888. The Kier molecular flexibility index (Phi) is 2.83. The van der Waals surface area contributed by atoms with Crippen molar-refractivity contribution in [1.82, 2.24) is 0 Å². The number of hydrogen-bond donors (Lipinski definition) is 1. The van der Waals surface area contributed by atoms with Gasteiger partial charge in [0.15, 0.2) is 0 Å². The van der Waals surface area contributed by atoms with Gasteiger partial charge < -0.3 is 9.52 Å². The molecule has 0 radical (unpaired) electrons. The predicted octanol–water partition coefficient (Wildman–Crippen LogP) is 3.80. The third-order valence-electron chi connectivity index (χ3n) is 4.26. The first-order chi connectivity index (χ1) is 9.14. The summed E-state index contributed by atoms with van der Waals surface area (Å²) in [6, 6.07) is 11.9. The molecule has 0 aliphatic heterocycles. The molecule has 1 fully saturated rings. The minimum absolute atomic E-state index is 0.485. The van der Waals surface area contributed by atoms with Gasteiger partial charge >= 0.3 is 0 Å². The second kappa shape index (κ2) is 4.40. The smallest absolute Gasteiger partial charge is 0.135 e. The molecule has 1 aliphatic rings. The van der Waals surface area contributed by atoms with E-state index in [4.69, 9.17) is 4.42 Å². The van der Waals surface area contributed by atoms with Crippen molar-refractivity contribution < 1.29 is 9.52 Å². The molecular formula is C16H17NO2. The van der Waals surface area contributed by atoms with Crippen LogP contribution in [0.2, 0.25) is 0 Å². The average Bonchev–Trinajstić information content (AvgIpc) is 3.02. The molecule has 0 saturated heterocycles. The van der Waals surface area contributed by atoms with Crippen LogP contribution in [0.25, 0.3) is 11.0 Å². The first kappa shape index (κ1) is 12.3. The van der Waals surface area contributed by atoms with E-state index in [9.17, 15) is 10.4 Å². The van der Waals surface area contributed by atoms with E-state index in [0.29, 0.717) is 11.7 Å². The van der Waals surface area contributed by atoms with Crippen molar-refractivity contribution >= 4 is 11.0 Å². The van der Waals surface area contributed by atoms with Crippen molar-refractivity contribution in [2.75, 3.05) is 0 Å². The summed E-state index contributed by atoms with van der Waals surface area (Å²) in [5, 5.41) is 21.0. The normalized spacial score (nSPS) is 28.4. The second-order valence-electron chi connectivity index (χ2n) is 5.71. The van der Waals surface area contributed by atoms with Crippen molar-refractivity contribution in [1.29, 1.82) is 5.26 Å². The molecule has 3 rings (SSSR count). The Bertz CT molecular complexity index is 606. The summed E-state index contributed by atoms with van der Waals surface area (Å²) in [7, 11) is 0. The molecule has 19 heavy (non-hydrogen) atoms. The molecule has 98 valence electrons. The Hall–Kier alpha value is -1.79. The molecule has 1 heterocycles. The maximum atomic E-state index is 10.6. The maximum absolute atomic E-state index is 10.6. The van der Waals surface area contributed by atoms with E-state index >= 15 is 0 Å². The van der Waals surface area contributed by atoms with Crippen LogP contribution in [0.3, 0.4) is 0 Å². The summed E-state index contributed by atoms with van der Waals surface area (Å²) < 4.78 is 5.70. The molecule has 1 aliphatic carbocycles. The highest BCUT2D eigenvalue weighted by Crippen LogP contribution is 2.50. The largest absolute Gasteiger partial charge is 0.458 e. The van der Waals surface area contributed by atoms with Crippen LogP contribution in [-0.2, 0) is 0 Å². The molecule has 3 heteroatoms. The van der Waals surface area contributed by atoms with Crippen LogP contribution in [0.15, 0.2) is 34.7 Å². The minimum Gasteiger partial charge on any atom is -0.458 e. The highest BCUT2D eigenvalue weighted by Gasteiger charge is 2.45. The van der Waals surface area contributed by atoms with Gasteiger partial charge in [-0.3, -0.25) is 0 Å². The van der Waals surface area contributed by atoms with Crippen molar-refractivity contribution in [2.24, 2.45) is 11.3 Å². The number of fused-ring (bicyclic) bond motifs is 1. The third kappa shape index (κ3) is 1.93. The number of para-hydroxylation sites is 1. The predicted molar refractivity (Wildman–Crippen MR) is 72.2 cm³/mol. The van der Waals surface area contributed by atoms with Gasteiger partial charge in [-0.25, -0.2) is 0 Å². The zero-order valence-corrected chi connectivity index (χ0v) is 11.0. The fraction of sp³-hybridized carbons (Fsp3) is 0.438. The second-order valence-corrected chi connectivity index (χ2v) is 5.71. The fourth-order valence-corrected chi connectivity index (χ4v) is 3.15. The van der Waals surface area contributed by atoms with Crippen LogP contribution < -0.4 is 0 Å². The van der Waals surface area contributed by atoms with Crippen LogP contribution in [0.5, 0.6) is 0 Å². The molecule has 0 spiro atoms. The maximum Gasteiger partial charge on any atom is 0.135 e. The lowest BCUT2D eigenvalue weighted by Crippen LogP contribution is -2.24. The fourth-order valence-electron chi connectivity index (χ4n) is 3.15. The monoisotopic (exact) mass is 255 g/mol. The zero-order chi connectivity index (χ0) is 13.5. The number of nitriles is 1. The topological polar surface area (TPSA) is 57.2 Å². The van der Waals surface area contributed by atoms with Gasteiger partial charge in [-0.05, 0) is 37.3 Å². The Labute approximate surface area is 112 Å². The lowest BCUT2D eigenvalue weighted by Gasteiger charge is -2.25. The number of aliphatic hydroxyl groups excluding tert-OH is 1. The number of aliphatic hydroxyl groups is 1. The lowest BCUT2D eigenvalue weighted by molar-refractivity contribution is 0.0470. The third-order valence-corrected chi connectivity index (χ3v) is 4.26. The van der Waals surface area contributed by atoms with Gasteiger partial charge in [-0.2, -0.15) is 5.26 Å². The Morgan fingerprint density at radius 2 is 2.26 bits per heavy atom. The Balaban J connectivity index is 1.99. The molecule has 1 aromatic heterocycles. The summed E-state index contributed by atoms with van der Waals surface area (Å²) in [6.07, 6.45) is 1.63. The molecule has 3 atom stereocenters. The van der Waals surface area contributed by atoms with Crippen LogP contribution in [0, 0.1) is 22.7 Å². The molecule has 0 bridgehead atoms. The standard InChI is InChI=1S/C16H17NO2/c1-11-6-7-16(9-11,10-17)15(18)14-8-12-4-2-3-5-13(12)19-14/h2-5,8,11,15,18H,6-7,9H2,1H3. The van der Waals surface area contributed by atoms with Gasteiger partial charge in [-0.1, -0.05) is 25.1 Å². The minimum atomic E-state index is -0.838. The highest BCUT2D eigenvalue weighted by molar-refractivity contribution is 5.77. The van der Waals surface area contributed by atoms with Crippen LogP contribution in [0.4, 0.5) is 0 Å². The molecule has 1 N–H and O–H groups in total. The molecule has 3 unspecified atom stereocenters. The van der Waals surface area contributed by atoms with E-state index in [1.807, 2.05) is 30.3 Å². The number of rotatable bonds is 2. The first-order valence-corrected chi connectivity index (χ1v) is 6.72. The van der Waals surface area contributed by atoms with E-state index in [2.05, 4.69) is 13.0 Å². The van der Waals surface area contributed by atoms with Crippen LogP contribution in [-0.4, -0.2) is 5.11 Å². The molecule has 2 aromatic rings. The van der Waals surface area contributed by atoms with Crippen molar-refractivity contribution in [3.8, 4) is 6.07 Å². The van der Waals surface area contributed by atoms with Gasteiger partial charge in [0, 0.05) is 5.39 Å². The van der Waals surface area contributed by atoms with Gasteiger partial charge in [0.25, 0.3) is 0 Å². The van der Waals surface area contributed by atoms with Crippen molar-refractivity contribution in [2.45, 2.75) is 32.3 Å². The van der Waals surface area contributed by atoms with E-state index in [1.54, 1.807) is 0 Å². The van der Waals surface area contributed by atoms with Crippen LogP contribution in [0.1, 0.15) is 38.1 Å². The highest BCUT2D eigenvalue weighted by atomic mass is 16.4. The molecular weight excluding hydrogens is 238 g/mol. The van der Waals surface area contributed by atoms with E-state index < -0.39 is 11.5 Å². The SMILES string of the molecule is CC1CCC(C#N)(C(O)c2cc3ccccc3o2)C1. The number of furan rings is 1. The Morgan fingerprint density at radius 3 is 2.89 bits per heavy atom.